The first-order chi connectivity index (χ1) is 9.17. The zero-order chi connectivity index (χ0) is 13.7. The molecule has 2 heterocycles. The fraction of sp³-hybridized carbons (Fsp3) is 0.167. The Kier molecular flexibility index (Phi) is 4.63. The molecule has 0 unspecified atom stereocenters. The maximum Gasteiger partial charge on any atom is 0.253 e. The molecule has 2 aromatic heterocycles. The minimum absolute atomic E-state index is 0.142. The molecule has 2 aromatic rings. The van der Waals surface area contributed by atoms with Gasteiger partial charge in [0.2, 0.25) is 0 Å². The maximum atomic E-state index is 11.2. The highest BCUT2D eigenvalue weighted by Crippen LogP contribution is 2.24. The van der Waals surface area contributed by atoms with Crippen LogP contribution in [-0.4, -0.2) is 21.7 Å². The van der Waals surface area contributed by atoms with Crippen molar-refractivity contribution in [3.63, 3.8) is 0 Å². The van der Waals surface area contributed by atoms with Gasteiger partial charge in [-0.2, -0.15) is 0 Å². The molecule has 2 rings (SSSR count). The van der Waals surface area contributed by atoms with Gasteiger partial charge >= 0.3 is 0 Å². The number of nitrogens with one attached hydrogen (secondary N) is 1. The van der Waals surface area contributed by atoms with Gasteiger partial charge in [-0.05, 0) is 12.1 Å². The molecule has 4 N–H and O–H groups in total. The van der Waals surface area contributed by atoms with Gasteiger partial charge < -0.3 is 15.8 Å². The molecule has 0 saturated heterocycles. The van der Waals surface area contributed by atoms with Crippen molar-refractivity contribution >= 4 is 28.9 Å². The minimum Gasteiger partial charge on any atom is -0.384 e. The maximum absolute atomic E-state index is 11.2. The molecule has 98 valence electrons. The van der Waals surface area contributed by atoms with Crippen LogP contribution in [0.5, 0.6) is 0 Å². The third-order valence-electron chi connectivity index (χ3n) is 2.04. The molecule has 7 heteroatoms. The van der Waals surface area contributed by atoms with Gasteiger partial charge in [0.05, 0.1) is 4.88 Å². The van der Waals surface area contributed by atoms with E-state index in [0.717, 1.165) is 9.75 Å². The van der Waals surface area contributed by atoms with Crippen molar-refractivity contribution in [2.24, 2.45) is 0 Å². The Bertz CT molecular complexity index is 682. The van der Waals surface area contributed by atoms with Crippen LogP contribution >= 0.6 is 23.1 Å². The average molecular weight is 293 g/mol. The normalized spacial score (nSPS) is 9.95. The lowest BCUT2D eigenvalue weighted by molar-refractivity contribution is 0.350. The van der Waals surface area contributed by atoms with Gasteiger partial charge in [-0.1, -0.05) is 23.6 Å². The molecule has 0 aromatic carbocycles. The van der Waals surface area contributed by atoms with E-state index in [1.54, 1.807) is 11.3 Å². The van der Waals surface area contributed by atoms with Crippen LogP contribution in [0.4, 0.5) is 5.82 Å². The van der Waals surface area contributed by atoms with Crippen LogP contribution in [0.2, 0.25) is 0 Å². The van der Waals surface area contributed by atoms with Crippen molar-refractivity contribution in [1.82, 2.24) is 9.97 Å². The van der Waals surface area contributed by atoms with Crippen LogP contribution in [0.25, 0.3) is 0 Å². The van der Waals surface area contributed by atoms with Gasteiger partial charge in [-0.15, -0.1) is 11.3 Å². The standard InChI is InChI=1S/C12H11N3O2S2/c13-10-6-11(17)15-12(14-10)18-7-9-4-3-8(19-9)2-1-5-16/h3-4,6,16H,5,7H2,(H3,13,14,15,17). The Morgan fingerprint density at radius 1 is 1.53 bits per heavy atom. The summed E-state index contributed by atoms with van der Waals surface area (Å²) in [6, 6.07) is 5.11. The molecule has 0 aliphatic rings. The van der Waals surface area contributed by atoms with Crippen LogP contribution in [0.15, 0.2) is 28.2 Å². The van der Waals surface area contributed by atoms with Gasteiger partial charge in [0.15, 0.2) is 5.16 Å². The summed E-state index contributed by atoms with van der Waals surface area (Å²) in [6.07, 6.45) is 0. The van der Waals surface area contributed by atoms with Gasteiger partial charge in [-0.3, -0.25) is 4.79 Å². The topological polar surface area (TPSA) is 92.0 Å². The van der Waals surface area contributed by atoms with E-state index in [2.05, 4.69) is 21.8 Å². The average Bonchev–Trinajstić information content (AvgIpc) is 2.81. The SMILES string of the molecule is Nc1cc(=O)[nH]c(SCc2ccc(C#CCO)s2)n1. The van der Waals surface area contributed by atoms with E-state index >= 15 is 0 Å². The van der Waals surface area contributed by atoms with Crippen LogP contribution < -0.4 is 11.3 Å². The highest BCUT2D eigenvalue weighted by molar-refractivity contribution is 7.98. The summed E-state index contributed by atoms with van der Waals surface area (Å²) >= 11 is 2.95. The number of anilines is 1. The number of nitrogens with two attached hydrogens (primary N) is 1. The van der Waals surface area contributed by atoms with Crippen LogP contribution in [0, 0.1) is 11.8 Å². The minimum atomic E-state index is -0.254. The van der Waals surface area contributed by atoms with Crippen LogP contribution in [0.3, 0.4) is 0 Å². The Labute approximate surface area is 117 Å². The summed E-state index contributed by atoms with van der Waals surface area (Å²) in [5.41, 5.74) is 5.25. The monoisotopic (exact) mass is 293 g/mol. The molecule has 0 fully saturated rings. The second-order valence-corrected chi connectivity index (χ2v) is 5.62. The summed E-state index contributed by atoms with van der Waals surface area (Å²) in [7, 11) is 0. The summed E-state index contributed by atoms with van der Waals surface area (Å²) in [5.74, 6) is 6.34. The first-order valence-corrected chi connectivity index (χ1v) is 7.15. The van der Waals surface area contributed by atoms with E-state index in [9.17, 15) is 4.79 Å². The number of aliphatic hydroxyl groups is 1. The van der Waals surface area contributed by atoms with Gasteiger partial charge in [0.1, 0.15) is 12.4 Å². The van der Waals surface area contributed by atoms with Crippen molar-refractivity contribution in [3.8, 4) is 11.8 Å². The van der Waals surface area contributed by atoms with E-state index in [0.29, 0.717) is 10.9 Å². The molecule has 0 aliphatic heterocycles. The molecule has 0 atom stereocenters. The number of aromatic nitrogens is 2. The molecule has 19 heavy (non-hydrogen) atoms. The smallest absolute Gasteiger partial charge is 0.253 e. The van der Waals surface area contributed by atoms with Gasteiger partial charge in [0.25, 0.3) is 5.56 Å². The molecular formula is C12H11N3O2S2. The third-order valence-corrected chi connectivity index (χ3v) is 4.15. The van der Waals surface area contributed by atoms with E-state index in [4.69, 9.17) is 10.8 Å². The Hall–Kier alpha value is -1.75. The number of rotatable bonds is 3. The summed E-state index contributed by atoms with van der Waals surface area (Å²) in [6.45, 7) is -0.142. The van der Waals surface area contributed by atoms with E-state index in [-0.39, 0.29) is 18.0 Å². The van der Waals surface area contributed by atoms with Gasteiger partial charge in [0, 0.05) is 16.7 Å². The Morgan fingerprint density at radius 3 is 3.11 bits per heavy atom. The number of H-pyrrole nitrogens is 1. The molecule has 0 amide bonds. The predicted molar refractivity (Wildman–Crippen MR) is 77.1 cm³/mol. The molecular weight excluding hydrogens is 282 g/mol. The number of hydrogen-bond donors (Lipinski definition) is 3. The van der Waals surface area contributed by atoms with E-state index in [1.165, 1.54) is 17.8 Å². The number of aliphatic hydroxyl groups excluding tert-OH is 1. The molecule has 0 spiro atoms. The fourth-order valence-electron chi connectivity index (χ4n) is 1.31. The van der Waals surface area contributed by atoms with Crippen LogP contribution in [-0.2, 0) is 5.75 Å². The van der Waals surface area contributed by atoms with Crippen molar-refractivity contribution in [1.29, 1.82) is 0 Å². The third kappa shape index (κ3) is 4.13. The molecule has 0 radical (unpaired) electrons. The summed E-state index contributed by atoms with van der Waals surface area (Å²) in [5, 5.41) is 9.11. The lowest BCUT2D eigenvalue weighted by atomic mass is 10.4. The first kappa shape index (κ1) is 13.7. The van der Waals surface area contributed by atoms with Crippen molar-refractivity contribution < 1.29 is 5.11 Å². The Morgan fingerprint density at radius 2 is 2.37 bits per heavy atom. The first-order valence-electron chi connectivity index (χ1n) is 5.35. The molecule has 0 bridgehead atoms. The number of hydrogen-bond acceptors (Lipinski definition) is 6. The van der Waals surface area contributed by atoms with Crippen LogP contribution in [0.1, 0.15) is 9.75 Å². The van der Waals surface area contributed by atoms with Gasteiger partial charge in [-0.25, -0.2) is 4.98 Å². The van der Waals surface area contributed by atoms with Crippen molar-refractivity contribution in [2.75, 3.05) is 12.3 Å². The highest BCUT2D eigenvalue weighted by atomic mass is 32.2. The quantitative estimate of drug-likeness (QED) is 0.447. The fourth-order valence-corrected chi connectivity index (χ4v) is 3.12. The highest BCUT2D eigenvalue weighted by Gasteiger charge is 2.03. The van der Waals surface area contributed by atoms with Crippen molar-refractivity contribution in [3.05, 3.63) is 38.3 Å². The predicted octanol–water partition coefficient (Wildman–Crippen LogP) is 1.05. The second-order valence-electron chi connectivity index (χ2n) is 3.49. The number of nitrogen functional groups attached to an aromatic ring is 1. The molecule has 0 aliphatic carbocycles. The second kappa shape index (κ2) is 6.43. The zero-order valence-electron chi connectivity index (χ0n) is 9.84. The lowest BCUT2D eigenvalue weighted by Crippen LogP contribution is -2.09. The Balaban J connectivity index is 2.02. The zero-order valence-corrected chi connectivity index (χ0v) is 11.5. The number of nitrogens with zero attached hydrogens (tertiary/aromatic N) is 1. The summed E-state index contributed by atoms with van der Waals surface area (Å²) < 4.78 is 0. The number of thioether (sulfide) groups is 1. The van der Waals surface area contributed by atoms with E-state index < -0.39 is 0 Å². The lowest BCUT2D eigenvalue weighted by Gasteiger charge is -1.99. The van der Waals surface area contributed by atoms with E-state index in [1.807, 2.05) is 12.1 Å². The summed E-state index contributed by atoms with van der Waals surface area (Å²) in [4.78, 5) is 19.9. The molecule has 5 nitrogen and oxygen atoms in total. The molecule has 0 saturated carbocycles. The number of aromatic amines is 1. The van der Waals surface area contributed by atoms with Crippen molar-refractivity contribution in [2.45, 2.75) is 10.9 Å². The largest absolute Gasteiger partial charge is 0.384 e. The number of thiophene rings is 1.